The number of amides is 1. The maximum atomic E-state index is 12.4. The van der Waals surface area contributed by atoms with Gasteiger partial charge in [-0.05, 0) is 46.8 Å². The number of carbonyl (C=O) groups excluding carboxylic acids is 1. The van der Waals surface area contributed by atoms with Crippen LogP contribution in [0.2, 0.25) is 36.3 Å². The van der Waals surface area contributed by atoms with Crippen LogP contribution < -0.4 is 25.4 Å². The molecule has 1 N–H and O–H groups in total. The Bertz CT molecular complexity index is 1800. The first kappa shape index (κ1) is 40.7. The number of hydrogen-bond donors (Lipinski definition) is 1. The summed E-state index contributed by atoms with van der Waals surface area (Å²) in [5.41, 5.74) is 1.56. The third-order valence-corrected chi connectivity index (χ3v) is 22.6. The van der Waals surface area contributed by atoms with E-state index in [0.29, 0.717) is 24.3 Å². The van der Waals surface area contributed by atoms with Crippen LogP contribution in [0, 0.1) is 0 Å². The van der Waals surface area contributed by atoms with Gasteiger partial charge in [-0.2, -0.15) is 10.2 Å². The van der Waals surface area contributed by atoms with Gasteiger partial charge in [0.2, 0.25) is 11.8 Å². The number of fused-ring (bicyclic) bond motifs is 2. The smallest absolute Gasteiger partial charge is 0.410 e. The van der Waals surface area contributed by atoms with Crippen molar-refractivity contribution in [1.82, 2.24) is 39.4 Å². The molecule has 0 radical (unpaired) electrons. The number of aromatic nitrogens is 6. The molecular formula is C39H64N8O4Si2. The van der Waals surface area contributed by atoms with E-state index in [4.69, 9.17) is 24.4 Å². The zero-order valence-corrected chi connectivity index (χ0v) is 36.1. The van der Waals surface area contributed by atoms with Gasteiger partial charge in [0.25, 0.3) is 0 Å². The monoisotopic (exact) mass is 764 g/mol. The van der Waals surface area contributed by atoms with E-state index in [2.05, 4.69) is 75.9 Å². The Morgan fingerprint density at radius 2 is 1.25 bits per heavy atom. The van der Waals surface area contributed by atoms with Crippen molar-refractivity contribution in [2.24, 2.45) is 0 Å². The second-order valence-corrected chi connectivity index (χ2v) is 26.6. The summed E-state index contributed by atoms with van der Waals surface area (Å²) >= 11 is 0. The highest BCUT2D eigenvalue weighted by Crippen LogP contribution is 2.26. The highest BCUT2D eigenvalue weighted by Gasteiger charge is 2.37. The molecule has 12 nitrogen and oxygen atoms in total. The molecule has 2 saturated heterocycles. The molecule has 53 heavy (non-hydrogen) atoms. The first-order valence-corrected chi connectivity index (χ1v) is 25.2. The lowest BCUT2D eigenvalue weighted by Crippen LogP contribution is -2.46. The summed E-state index contributed by atoms with van der Waals surface area (Å²) in [5.74, 6) is 1.21. The topological polar surface area (TPSA) is 120 Å². The predicted octanol–water partition coefficient (Wildman–Crippen LogP) is 6.80. The van der Waals surface area contributed by atoms with Crippen LogP contribution in [0.15, 0.2) is 36.9 Å². The number of likely N-dealkylation sites (tertiary alicyclic amines) is 1. The minimum absolute atomic E-state index is 0.0650. The van der Waals surface area contributed by atoms with E-state index in [1.807, 2.05) is 61.5 Å². The summed E-state index contributed by atoms with van der Waals surface area (Å²) in [4.78, 5) is 23.2. The van der Waals surface area contributed by atoms with Crippen molar-refractivity contribution < 1.29 is 19.0 Å². The quantitative estimate of drug-likeness (QED) is 0.156. The average molecular weight is 765 g/mol. The Morgan fingerprint density at radius 1 is 0.774 bits per heavy atom. The van der Waals surface area contributed by atoms with Gasteiger partial charge in [-0.15, -0.1) is 0 Å². The number of rotatable bonds is 12. The number of nitrogens with zero attached hydrogens (tertiary/aromatic N) is 7. The van der Waals surface area contributed by atoms with Gasteiger partial charge >= 0.3 is 6.09 Å². The van der Waals surface area contributed by atoms with Crippen molar-refractivity contribution in [3.8, 4) is 11.8 Å². The lowest BCUT2D eigenvalue weighted by Gasteiger charge is -2.26. The molecule has 0 aliphatic carbocycles. The molecule has 4 aromatic rings. The van der Waals surface area contributed by atoms with E-state index in [9.17, 15) is 4.79 Å². The molecule has 4 aromatic heterocycles. The van der Waals surface area contributed by atoms with E-state index in [1.54, 1.807) is 4.90 Å². The molecule has 0 aromatic carbocycles. The molecule has 14 heteroatoms. The van der Waals surface area contributed by atoms with Crippen LogP contribution in [-0.2, 0) is 4.74 Å². The molecule has 2 aliphatic rings. The predicted molar refractivity (Wildman–Crippen MR) is 218 cm³/mol. The van der Waals surface area contributed by atoms with E-state index in [1.165, 1.54) is 46.9 Å². The maximum Gasteiger partial charge on any atom is 0.410 e. The van der Waals surface area contributed by atoms with Crippen LogP contribution in [0.5, 0.6) is 11.8 Å². The molecule has 1 amide bonds. The third-order valence-electron chi connectivity index (χ3n) is 11.8. The SMILES string of the molecule is CC[Si](CC)(CC)c1cc2cnc(O[C@@H]3C[C@H](C)N(C(=O)OC(C)(C)C)C3)cn2n1.CC[Si](CC)(CC)c1cc2cnc(O[C@H]3CN[C@@H](C)C3)cn2n1. The Labute approximate surface area is 318 Å². The standard InChI is InChI=1S/C22H36N4O3Si.C17H28N4OSi/c1-8-30(9-2,10-3)20-12-17-13-23-19(15-26(17)24-20)28-18-11-16(4)25(14-18)21(27)29-22(5,6)7;1-5-23(6-2,7-3)17-9-14-10-19-16(12-21(14)20-17)22-15-8-13(4)18-11-15/h12-13,15-16,18H,8-11,14H2,1-7H3;9-10,12-13,15,18H,5-8,11H2,1-4H3/t16-,18+;13-,15+/m00/s1. The molecule has 2 aliphatic heterocycles. The Morgan fingerprint density at radius 3 is 1.66 bits per heavy atom. The molecule has 6 rings (SSSR count). The number of carbonyl (C=O) groups is 1. The minimum Gasteiger partial charge on any atom is -0.472 e. The van der Waals surface area contributed by atoms with E-state index in [-0.39, 0.29) is 24.3 Å². The van der Waals surface area contributed by atoms with Crippen molar-refractivity contribution in [3.05, 3.63) is 36.9 Å². The largest absolute Gasteiger partial charge is 0.472 e. The van der Waals surface area contributed by atoms with Crippen molar-refractivity contribution >= 4 is 43.9 Å². The summed E-state index contributed by atoms with van der Waals surface area (Å²) in [6.07, 6.45) is 9.10. The van der Waals surface area contributed by atoms with Crippen molar-refractivity contribution in [2.75, 3.05) is 13.1 Å². The summed E-state index contributed by atoms with van der Waals surface area (Å²) < 4.78 is 21.5. The van der Waals surface area contributed by atoms with Crippen LogP contribution in [0.1, 0.15) is 89.0 Å². The van der Waals surface area contributed by atoms with E-state index < -0.39 is 21.7 Å². The maximum absolute atomic E-state index is 12.4. The molecule has 0 bridgehead atoms. The zero-order valence-electron chi connectivity index (χ0n) is 34.1. The van der Waals surface area contributed by atoms with E-state index >= 15 is 0 Å². The van der Waals surface area contributed by atoms with Crippen LogP contribution >= 0.6 is 0 Å². The second-order valence-electron chi connectivity index (χ2n) is 16.2. The molecule has 0 spiro atoms. The lowest BCUT2D eigenvalue weighted by atomic mass is 10.2. The van der Waals surface area contributed by atoms with Crippen LogP contribution in [0.4, 0.5) is 4.79 Å². The van der Waals surface area contributed by atoms with Gasteiger partial charge in [-0.3, -0.25) is 0 Å². The van der Waals surface area contributed by atoms with Crippen molar-refractivity contribution in [3.63, 3.8) is 0 Å². The average Bonchev–Trinajstić information content (AvgIpc) is 3.93. The zero-order chi connectivity index (χ0) is 38.6. The Balaban J connectivity index is 0.000000211. The van der Waals surface area contributed by atoms with Crippen LogP contribution in [0.25, 0.3) is 11.0 Å². The van der Waals surface area contributed by atoms with Gasteiger partial charge in [0.1, 0.15) is 34.0 Å². The van der Waals surface area contributed by atoms with Crippen LogP contribution in [-0.4, -0.2) is 99.3 Å². The van der Waals surface area contributed by atoms with Gasteiger partial charge < -0.3 is 24.4 Å². The molecule has 0 unspecified atom stereocenters. The van der Waals surface area contributed by atoms with Crippen molar-refractivity contribution in [1.29, 1.82) is 0 Å². The highest BCUT2D eigenvalue weighted by atomic mass is 28.3. The third kappa shape index (κ3) is 9.25. The molecule has 4 atom stereocenters. The minimum atomic E-state index is -1.54. The van der Waals surface area contributed by atoms with Gasteiger partial charge in [-0.25, -0.2) is 23.8 Å². The van der Waals surface area contributed by atoms with E-state index in [0.717, 1.165) is 30.4 Å². The number of nitrogens with one attached hydrogen (secondary N) is 1. The Kier molecular flexibility index (Phi) is 13.0. The number of hydrogen-bond acceptors (Lipinski definition) is 9. The number of ether oxygens (including phenoxy) is 3. The first-order chi connectivity index (χ1) is 25.2. The summed E-state index contributed by atoms with van der Waals surface area (Å²) in [7, 11) is -2.99. The van der Waals surface area contributed by atoms with Gasteiger partial charge in [0.15, 0.2) is 0 Å². The lowest BCUT2D eigenvalue weighted by molar-refractivity contribution is 0.0223. The van der Waals surface area contributed by atoms with Crippen LogP contribution in [0.3, 0.4) is 0 Å². The summed E-state index contributed by atoms with van der Waals surface area (Å²) in [6.45, 7) is 25.0. The Hall–Kier alpha value is -3.50. The van der Waals surface area contributed by atoms with Crippen molar-refractivity contribution in [2.45, 2.75) is 155 Å². The fraction of sp³-hybridized carbons (Fsp3) is 0.667. The second kappa shape index (κ2) is 16.9. The van der Waals surface area contributed by atoms with Gasteiger partial charge in [0.05, 0.1) is 42.4 Å². The fourth-order valence-electron chi connectivity index (χ4n) is 7.95. The highest BCUT2D eigenvalue weighted by molar-refractivity contribution is 6.91. The molecule has 292 valence electrons. The molecule has 2 fully saturated rings. The van der Waals surface area contributed by atoms with Gasteiger partial charge in [0, 0.05) is 42.1 Å². The molecule has 6 heterocycles. The summed E-state index contributed by atoms with van der Waals surface area (Å²) in [5, 5.41) is 15.8. The fourth-order valence-corrected chi connectivity index (χ4v) is 14.7. The molecule has 0 saturated carbocycles. The molecular weight excluding hydrogens is 701 g/mol. The first-order valence-electron chi connectivity index (χ1n) is 20.0. The summed E-state index contributed by atoms with van der Waals surface area (Å²) in [6, 6.07) is 12.3. The normalized spacial score (nSPS) is 20.8. The van der Waals surface area contributed by atoms with Gasteiger partial charge in [-0.1, -0.05) is 77.8 Å².